The molecule has 118 valence electrons. The van der Waals surface area contributed by atoms with Gasteiger partial charge in [0.15, 0.2) is 0 Å². The minimum Gasteiger partial charge on any atom is -0.264 e. The highest BCUT2D eigenvalue weighted by atomic mass is 15.3. The third-order valence-corrected chi connectivity index (χ3v) is 4.78. The Morgan fingerprint density at radius 2 is 1.92 bits per heavy atom. The first-order chi connectivity index (χ1) is 12.4. The molecule has 6 heteroatoms. The predicted molar refractivity (Wildman–Crippen MR) is 92.3 cm³/mol. The number of rotatable bonds is 1. The summed E-state index contributed by atoms with van der Waals surface area (Å²) in [6.45, 7) is 0.789. The van der Waals surface area contributed by atoms with Gasteiger partial charge in [0.2, 0.25) is 5.82 Å². The van der Waals surface area contributed by atoms with Gasteiger partial charge in [-0.3, -0.25) is 4.98 Å². The molecule has 1 aliphatic heterocycles. The first kappa shape index (κ1) is 12.8. The van der Waals surface area contributed by atoms with E-state index in [9.17, 15) is 0 Å². The number of fused-ring (bicyclic) bond motifs is 7. The Morgan fingerprint density at radius 1 is 1.00 bits per heavy atom. The molecule has 0 amide bonds. The Balaban J connectivity index is 1.83. The van der Waals surface area contributed by atoms with Crippen LogP contribution >= 0.6 is 0 Å². The summed E-state index contributed by atoms with van der Waals surface area (Å²) in [6, 6.07) is 14.4. The van der Waals surface area contributed by atoms with Gasteiger partial charge < -0.3 is 0 Å². The summed E-state index contributed by atoms with van der Waals surface area (Å²) < 4.78 is 6.57. The molecule has 25 heavy (non-hydrogen) atoms. The lowest BCUT2D eigenvalue weighted by atomic mass is 10.1. The first-order valence-corrected chi connectivity index (χ1v) is 8.18. The average molecular weight is 325 g/mol. The number of hydrogen-bond acceptors (Lipinski definition) is 3. The molecule has 0 spiro atoms. The van der Waals surface area contributed by atoms with Gasteiger partial charge in [0, 0.05) is 24.2 Å². The van der Waals surface area contributed by atoms with E-state index in [0.29, 0.717) is 5.78 Å². The van der Waals surface area contributed by atoms with E-state index in [0.717, 1.165) is 29.4 Å². The molecule has 0 atom stereocenters. The van der Waals surface area contributed by atoms with Crippen LogP contribution in [0.5, 0.6) is 0 Å². The van der Waals surface area contributed by atoms with Crippen LogP contribution in [0.1, 0.15) is 5.56 Å². The minimum atomic E-state index is 0.710. The van der Waals surface area contributed by atoms with E-state index in [-0.39, 0.29) is 0 Å². The SMILES string of the molecule is c1ccc(-n2c3[n+](c4c2nc2ncccn24)Cc2cnccc2-3)cc1. The average Bonchev–Trinajstić information content (AvgIpc) is 3.29. The standard InChI is InChI=1S/C19H13N6/c1-2-5-14(6-3-1)25-16-18(23-10-4-8-21-19(23)22-16)24-12-13-11-20-9-7-15(13)17(24)25/h1-11H,12H2/q+1. The highest BCUT2D eigenvalue weighted by Gasteiger charge is 2.36. The molecule has 0 bridgehead atoms. The normalized spacial score (nSPS) is 12.6. The molecule has 0 unspecified atom stereocenters. The van der Waals surface area contributed by atoms with E-state index in [4.69, 9.17) is 4.98 Å². The molecular weight excluding hydrogens is 312 g/mol. The van der Waals surface area contributed by atoms with E-state index in [1.807, 2.05) is 30.7 Å². The second-order valence-electron chi connectivity index (χ2n) is 6.16. The lowest BCUT2D eigenvalue weighted by Gasteiger charge is -2.02. The third-order valence-electron chi connectivity index (χ3n) is 4.78. The number of aromatic nitrogens is 6. The summed E-state index contributed by atoms with van der Waals surface area (Å²) >= 11 is 0. The van der Waals surface area contributed by atoms with Gasteiger partial charge >= 0.3 is 0 Å². The van der Waals surface area contributed by atoms with Gasteiger partial charge in [-0.05, 0) is 24.3 Å². The second-order valence-corrected chi connectivity index (χ2v) is 6.16. The van der Waals surface area contributed by atoms with Crippen LogP contribution in [0, 0.1) is 0 Å². The largest absolute Gasteiger partial charge is 0.299 e. The molecule has 0 aliphatic carbocycles. The Bertz CT molecular complexity index is 1270. The molecular formula is C19H13N6+. The fourth-order valence-corrected chi connectivity index (χ4v) is 3.76. The van der Waals surface area contributed by atoms with Gasteiger partial charge in [0.1, 0.15) is 5.69 Å². The van der Waals surface area contributed by atoms with Crippen molar-refractivity contribution in [3.05, 3.63) is 72.8 Å². The van der Waals surface area contributed by atoms with Crippen molar-refractivity contribution in [2.45, 2.75) is 6.54 Å². The zero-order valence-electron chi connectivity index (χ0n) is 13.2. The van der Waals surface area contributed by atoms with Crippen molar-refractivity contribution in [2.75, 3.05) is 0 Å². The van der Waals surface area contributed by atoms with Crippen molar-refractivity contribution in [1.82, 2.24) is 23.9 Å². The zero-order valence-corrected chi connectivity index (χ0v) is 13.2. The van der Waals surface area contributed by atoms with Crippen LogP contribution in [0.4, 0.5) is 0 Å². The monoisotopic (exact) mass is 325 g/mol. The van der Waals surface area contributed by atoms with Crippen molar-refractivity contribution in [3.63, 3.8) is 0 Å². The summed E-state index contributed by atoms with van der Waals surface area (Å²) in [5, 5.41) is 0. The first-order valence-electron chi connectivity index (χ1n) is 8.18. The molecule has 6 nitrogen and oxygen atoms in total. The van der Waals surface area contributed by atoms with Gasteiger partial charge in [-0.15, -0.1) is 0 Å². The van der Waals surface area contributed by atoms with E-state index < -0.39 is 0 Å². The predicted octanol–water partition coefficient (Wildman–Crippen LogP) is 2.38. The molecule has 0 radical (unpaired) electrons. The number of benzene rings is 1. The Morgan fingerprint density at radius 3 is 2.84 bits per heavy atom. The molecule has 1 aromatic carbocycles. The van der Waals surface area contributed by atoms with E-state index in [2.05, 4.69) is 53.8 Å². The lowest BCUT2D eigenvalue weighted by Crippen LogP contribution is -2.32. The highest BCUT2D eigenvalue weighted by molar-refractivity contribution is 5.78. The number of imidazole rings is 2. The van der Waals surface area contributed by atoms with Crippen LogP contribution in [0.3, 0.4) is 0 Å². The number of para-hydroxylation sites is 1. The highest BCUT2D eigenvalue weighted by Crippen LogP contribution is 2.33. The molecule has 4 aromatic heterocycles. The Labute approximate surface area is 142 Å². The zero-order chi connectivity index (χ0) is 16.4. The number of hydrogen-bond donors (Lipinski definition) is 0. The maximum absolute atomic E-state index is 4.81. The topological polar surface area (TPSA) is 51.9 Å². The maximum atomic E-state index is 4.81. The van der Waals surface area contributed by atoms with E-state index in [1.165, 1.54) is 11.1 Å². The van der Waals surface area contributed by atoms with Crippen molar-refractivity contribution >= 4 is 17.1 Å². The van der Waals surface area contributed by atoms with Gasteiger partial charge in [0.05, 0.1) is 18.3 Å². The summed E-state index contributed by atoms with van der Waals surface area (Å²) in [6.07, 6.45) is 7.59. The molecule has 0 saturated heterocycles. The van der Waals surface area contributed by atoms with Gasteiger partial charge in [-0.25, -0.2) is 14.1 Å². The fraction of sp³-hybridized carbons (Fsp3) is 0.0526. The van der Waals surface area contributed by atoms with E-state index >= 15 is 0 Å². The molecule has 0 saturated carbocycles. The molecule has 5 aromatic rings. The van der Waals surface area contributed by atoms with Gasteiger partial charge in [-0.2, -0.15) is 9.38 Å². The van der Waals surface area contributed by atoms with Crippen molar-refractivity contribution in [1.29, 1.82) is 0 Å². The Kier molecular flexibility index (Phi) is 2.31. The smallest absolute Gasteiger partial charge is 0.264 e. The number of pyridine rings is 1. The van der Waals surface area contributed by atoms with Crippen LogP contribution in [0.2, 0.25) is 0 Å². The minimum absolute atomic E-state index is 0.710. The quantitative estimate of drug-likeness (QED) is 0.436. The van der Waals surface area contributed by atoms with Crippen LogP contribution in [0.15, 0.2) is 67.3 Å². The molecule has 1 aliphatic rings. The van der Waals surface area contributed by atoms with E-state index in [1.54, 1.807) is 6.20 Å². The summed E-state index contributed by atoms with van der Waals surface area (Å²) in [5.41, 5.74) is 5.49. The van der Waals surface area contributed by atoms with Crippen molar-refractivity contribution < 1.29 is 4.57 Å². The fourth-order valence-electron chi connectivity index (χ4n) is 3.76. The maximum Gasteiger partial charge on any atom is 0.299 e. The summed E-state index contributed by atoms with van der Waals surface area (Å²) in [7, 11) is 0. The Hall–Kier alpha value is -3.54. The van der Waals surface area contributed by atoms with Gasteiger partial charge in [-0.1, -0.05) is 18.2 Å². The molecule has 0 fully saturated rings. The van der Waals surface area contributed by atoms with Crippen LogP contribution in [-0.2, 0) is 6.54 Å². The summed E-state index contributed by atoms with van der Waals surface area (Å²) in [5.74, 6) is 1.85. The second kappa shape index (κ2) is 4.51. The molecule has 6 rings (SSSR count). The van der Waals surface area contributed by atoms with Crippen molar-refractivity contribution in [3.8, 4) is 17.1 Å². The van der Waals surface area contributed by atoms with Crippen LogP contribution in [0.25, 0.3) is 34.1 Å². The number of nitrogens with zero attached hydrogens (tertiary/aromatic N) is 6. The lowest BCUT2D eigenvalue weighted by molar-refractivity contribution is -0.648. The third kappa shape index (κ3) is 1.58. The summed E-state index contributed by atoms with van der Waals surface area (Å²) in [4.78, 5) is 13.5. The van der Waals surface area contributed by atoms with Crippen molar-refractivity contribution in [2.24, 2.45) is 0 Å². The molecule has 0 N–H and O–H groups in total. The van der Waals surface area contributed by atoms with Gasteiger partial charge in [0.25, 0.3) is 17.1 Å². The van der Waals surface area contributed by atoms with Crippen LogP contribution < -0.4 is 4.57 Å². The molecule has 5 heterocycles. The van der Waals surface area contributed by atoms with Crippen LogP contribution in [-0.4, -0.2) is 23.9 Å².